The Hall–Kier alpha value is -4.20. The fourth-order valence-corrected chi connectivity index (χ4v) is 3.16. The van der Waals surface area contributed by atoms with Crippen molar-refractivity contribution in [2.24, 2.45) is 0 Å². The molecule has 1 aromatic heterocycles. The molecule has 3 aromatic rings. The first kappa shape index (κ1) is 22.5. The number of aromatic nitrogens is 1. The normalized spacial score (nSPS) is 10.8. The smallest absolute Gasteiger partial charge is 0.335 e. The summed E-state index contributed by atoms with van der Waals surface area (Å²) in [5.41, 5.74) is 4.28. The minimum atomic E-state index is -1.13. The molecule has 0 saturated carbocycles. The quantitative estimate of drug-likeness (QED) is 0.545. The first-order valence-corrected chi connectivity index (χ1v) is 9.53. The van der Waals surface area contributed by atoms with Crippen LogP contribution in [0.2, 0.25) is 0 Å². The number of ether oxygens (including phenoxy) is 1. The lowest BCUT2D eigenvalue weighted by Crippen LogP contribution is -2.19. The fraction of sp³-hybridized carbons (Fsp3) is 0.0833. The van der Waals surface area contributed by atoms with Crippen LogP contribution in [0.1, 0.15) is 21.6 Å². The first-order chi connectivity index (χ1) is 15.3. The molecular weight excluding hydrogens is 418 g/mol. The Labute approximate surface area is 182 Å². The SMILES string of the molecule is C=Cc1ccc(C(=O)O)cc1-c1c(/C=C\COc2ccc(F)cc2F)n(NC)ccc1=O. The molecule has 32 heavy (non-hydrogen) atoms. The van der Waals surface area contributed by atoms with Crippen molar-refractivity contribution < 1.29 is 23.4 Å². The summed E-state index contributed by atoms with van der Waals surface area (Å²) >= 11 is 0. The summed E-state index contributed by atoms with van der Waals surface area (Å²) in [6, 6.07) is 8.77. The van der Waals surface area contributed by atoms with Gasteiger partial charge in [-0.25, -0.2) is 13.6 Å². The molecule has 8 heteroatoms. The lowest BCUT2D eigenvalue weighted by molar-refractivity contribution is 0.0697. The van der Waals surface area contributed by atoms with Crippen LogP contribution in [0.5, 0.6) is 5.75 Å². The van der Waals surface area contributed by atoms with Crippen LogP contribution >= 0.6 is 0 Å². The zero-order chi connectivity index (χ0) is 23.3. The Morgan fingerprint density at radius 3 is 2.66 bits per heavy atom. The molecule has 0 amide bonds. The average molecular weight is 438 g/mol. The van der Waals surface area contributed by atoms with Gasteiger partial charge in [0.1, 0.15) is 12.4 Å². The molecule has 0 atom stereocenters. The molecule has 0 radical (unpaired) electrons. The predicted octanol–water partition coefficient (Wildman–Crippen LogP) is 4.40. The van der Waals surface area contributed by atoms with E-state index in [-0.39, 0.29) is 28.9 Å². The second kappa shape index (κ2) is 9.74. The van der Waals surface area contributed by atoms with E-state index >= 15 is 0 Å². The Morgan fingerprint density at radius 1 is 1.22 bits per heavy atom. The monoisotopic (exact) mass is 438 g/mol. The number of carboxylic acid groups (broad SMARTS) is 1. The summed E-state index contributed by atoms with van der Waals surface area (Å²) in [5.74, 6) is -2.77. The predicted molar refractivity (Wildman–Crippen MR) is 119 cm³/mol. The minimum absolute atomic E-state index is 0.0231. The van der Waals surface area contributed by atoms with E-state index in [9.17, 15) is 23.5 Å². The molecule has 2 N–H and O–H groups in total. The van der Waals surface area contributed by atoms with Crippen molar-refractivity contribution in [2.75, 3.05) is 19.1 Å². The fourth-order valence-electron chi connectivity index (χ4n) is 3.16. The summed E-state index contributed by atoms with van der Waals surface area (Å²) in [6.45, 7) is 3.69. The van der Waals surface area contributed by atoms with Crippen molar-refractivity contribution in [3.05, 3.63) is 100.0 Å². The number of hydrogen-bond acceptors (Lipinski definition) is 4. The van der Waals surface area contributed by atoms with Gasteiger partial charge in [0.2, 0.25) is 0 Å². The Morgan fingerprint density at radius 2 is 2.00 bits per heavy atom. The highest BCUT2D eigenvalue weighted by Crippen LogP contribution is 2.27. The van der Waals surface area contributed by atoms with E-state index in [4.69, 9.17) is 4.74 Å². The average Bonchev–Trinajstić information content (AvgIpc) is 2.77. The lowest BCUT2D eigenvalue weighted by Gasteiger charge is -2.16. The van der Waals surface area contributed by atoms with Crippen LogP contribution in [-0.4, -0.2) is 29.4 Å². The van der Waals surface area contributed by atoms with Gasteiger partial charge >= 0.3 is 5.97 Å². The van der Waals surface area contributed by atoms with Crippen LogP contribution in [-0.2, 0) is 0 Å². The van der Waals surface area contributed by atoms with Gasteiger partial charge in [0, 0.05) is 25.4 Å². The Balaban J connectivity index is 2.03. The minimum Gasteiger partial charge on any atom is -0.486 e. The number of nitrogens with one attached hydrogen (secondary N) is 1. The third kappa shape index (κ3) is 4.75. The van der Waals surface area contributed by atoms with Crippen molar-refractivity contribution in [1.82, 2.24) is 4.68 Å². The van der Waals surface area contributed by atoms with Crippen molar-refractivity contribution in [3.8, 4) is 16.9 Å². The third-order valence-corrected chi connectivity index (χ3v) is 4.67. The number of rotatable bonds is 8. The van der Waals surface area contributed by atoms with E-state index in [1.165, 1.54) is 36.5 Å². The molecule has 6 nitrogen and oxygen atoms in total. The summed E-state index contributed by atoms with van der Waals surface area (Å²) in [6.07, 6.45) is 6.21. The van der Waals surface area contributed by atoms with Crippen molar-refractivity contribution in [1.29, 1.82) is 0 Å². The van der Waals surface area contributed by atoms with E-state index in [1.807, 2.05) is 0 Å². The standard InChI is InChI=1S/C24H20F2N2O4/c1-3-15-6-7-16(24(30)31)13-18(15)23-20(28(27-2)11-10-21(23)29)5-4-12-32-22-9-8-17(25)14-19(22)26/h3-11,13-14,27H,1,12H2,2H3,(H,30,31)/b5-4-. The summed E-state index contributed by atoms with van der Waals surface area (Å²) in [5, 5.41) is 9.37. The molecule has 0 bridgehead atoms. The van der Waals surface area contributed by atoms with Crippen LogP contribution in [0.4, 0.5) is 8.78 Å². The zero-order valence-corrected chi connectivity index (χ0v) is 17.1. The van der Waals surface area contributed by atoms with E-state index < -0.39 is 17.6 Å². The first-order valence-electron chi connectivity index (χ1n) is 9.53. The topological polar surface area (TPSA) is 80.6 Å². The second-order valence-corrected chi connectivity index (χ2v) is 6.63. The number of benzene rings is 2. The van der Waals surface area contributed by atoms with Gasteiger partial charge in [-0.3, -0.25) is 9.47 Å². The second-order valence-electron chi connectivity index (χ2n) is 6.63. The molecule has 3 rings (SSSR count). The van der Waals surface area contributed by atoms with E-state index in [1.54, 1.807) is 29.9 Å². The highest BCUT2D eigenvalue weighted by atomic mass is 19.1. The molecule has 0 aliphatic heterocycles. The molecular formula is C24H20F2N2O4. The molecule has 0 aliphatic carbocycles. The van der Waals surface area contributed by atoms with Gasteiger partial charge < -0.3 is 15.3 Å². The van der Waals surface area contributed by atoms with Crippen molar-refractivity contribution >= 4 is 18.1 Å². The number of pyridine rings is 1. The highest BCUT2D eigenvalue weighted by molar-refractivity contribution is 5.92. The molecule has 164 valence electrons. The van der Waals surface area contributed by atoms with Crippen molar-refractivity contribution in [2.45, 2.75) is 0 Å². The van der Waals surface area contributed by atoms with Crippen LogP contribution in [0, 0.1) is 11.6 Å². The Bertz CT molecular complexity index is 1270. The number of aromatic carboxylic acids is 1. The maximum absolute atomic E-state index is 13.7. The molecule has 0 fully saturated rings. The number of hydrogen-bond donors (Lipinski definition) is 2. The number of carbonyl (C=O) groups is 1. The summed E-state index contributed by atoms with van der Waals surface area (Å²) in [7, 11) is 1.65. The van der Waals surface area contributed by atoms with Gasteiger partial charge in [-0.1, -0.05) is 18.7 Å². The zero-order valence-electron chi connectivity index (χ0n) is 17.1. The molecule has 2 aromatic carbocycles. The molecule has 0 unspecified atom stereocenters. The number of nitrogens with zero attached hydrogens (tertiary/aromatic N) is 1. The molecule has 0 saturated heterocycles. The van der Waals surface area contributed by atoms with E-state index in [0.29, 0.717) is 16.8 Å². The van der Waals surface area contributed by atoms with Gasteiger partial charge in [-0.05, 0) is 47.5 Å². The third-order valence-electron chi connectivity index (χ3n) is 4.67. The summed E-state index contributed by atoms with van der Waals surface area (Å²) in [4.78, 5) is 24.3. The van der Waals surface area contributed by atoms with Gasteiger partial charge in [0.25, 0.3) is 0 Å². The van der Waals surface area contributed by atoms with Gasteiger partial charge in [0.05, 0.1) is 16.8 Å². The highest BCUT2D eigenvalue weighted by Gasteiger charge is 2.16. The van der Waals surface area contributed by atoms with Crippen LogP contribution < -0.4 is 15.6 Å². The van der Waals surface area contributed by atoms with Crippen LogP contribution in [0.3, 0.4) is 0 Å². The molecule has 0 aliphatic rings. The van der Waals surface area contributed by atoms with Gasteiger partial charge in [0.15, 0.2) is 17.0 Å². The van der Waals surface area contributed by atoms with Crippen molar-refractivity contribution in [3.63, 3.8) is 0 Å². The maximum atomic E-state index is 13.7. The molecule has 1 heterocycles. The van der Waals surface area contributed by atoms with E-state index in [2.05, 4.69) is 12.0 Å². The van der Waals surface area contributed by atoms with Crippen LogP contribution in [0.15, 0.2) is 66.1 Å². The largest absolute Gasteiger partial charge is 0.486 e. The van der Waals surface area contributed by atoms with E-state index in [0.717, 1.165) is 12.1 Å². The lowest BCUT2D eigenvalue weighted by atomic mass is 9.95. The van der Waals surface area contributed by atoms with Gasteiger partial charge in [-0.2, -0.15) is 0 Å². The van der Waals surface area contributed by atoms with Gasteiger partial charge in [-0.15, -0.1) is 0 Å². The number of carboxylic acids is 1. The summed E-state index contributed by atoms with van der Waals surface area (Å²) < 4.78 is 33.7. The molecule has 0 spiro atoms. The van der Waals surface area contributed by atoms with Crippen LogP contribution in [0.25, 0.3) is 23.3 Å². The maximum Gasteiger partial charge on any atom is 0.335 e. The number of halogens is 2. The Kier molecular flexibility index (Phi) is 6.84.